The third-order valence-corrected chi connectivity index (χ3v) is 2.34. The van der Waals surface area contributed by atoms with Crippen LogP contribution in [0.15, 0.2) is 36.5 Å². The summed E-state index contributed by atoms with van der Waals surface area (Å²) in [6.07, 6.45) is 24.1. The average molecular weight is 219 g/mol. The van der Waals surface area contributed by atoms with Crippen molar-refractivity contribution in [3.05, 3.63) is 42.9 Å². The summed E-state index contributed by atoms with van der Waals surface area (Å²) in [5.74, 6) is 0. The lowest BCUT2D eigenvalue weighted by Crippen LogP contribution is -1.71. The van der Waals surface area contributed by atoms with Gasteiger partial charge >= 0.3 is 0 Å². The van der Waals surface area contributed by atoms with E-state index in [1.54, 1.807) is 0 Å². The van der Waals surface area contributed by atoms with Crippen LogP contribution in [0, 0.1) is 6.42 Å². The van der Waals surface area contributed by atoms with Gasteiger partial charge in [-0.1, -0.05) is 69.6 Å². The van der Waals surface area contributed by atoms with E-state index >= 15 is 0 Å². The topological polar surface area (TPSA) is 0 Å². The van der Waals surface area contributed by atoms with Crippen molar-refractivity contribution in [2.24, 2.45) is 0 Å². The molecule has 0 aliphatic heterocycles. The lowest BCUT2D eigenvalue weighted by atomic mass is 10.2. The van der Waals surface area contributed by atoms with Gasteiger partial charge < -0.3 is 0 Å². The molecular weight excluding hydrogens is 192 g/mol. The molecule has 0 fully saturated rings. The summed E-state index contributed by atoms with van der Waals surface area (Å²) in [5, 5.41) is 0. The summed E-state index contributed by atoms with van der Waals surface area (Å²) in [6.45, 7) is 4.43. The van der Waals surface area contributed by atoms with Crippen molar-refractivity contribution in [2.75, 3.05) is 0 Å². The van der Waals surface area contributed by atoms with E-state index in [1.165, 1.54) is 38.5 Å². The first-order chi connectivity index (χ1) is 7.91. The largest absolute Gasteiger partial charge is 0.0885 e. The van der Waals surface area contributed by atoms with Crippen LogP contribution in [-0.4, -0.2) is 0 Å². The van der Waals surface area contributed by atoms with Crippen LogP contribution in [0.4, 0.5) is 0 Å². The first-order valence-corrected chi connectivity index (χ1v) is 6.71. The molecule has 0 aliphatic rings. The fourth-order valence-corrected chi connectivity index (χ4v) is 1.33. The summed E-state index contributed by atoms with van der Waals surface area (Å²) in [5.41, 5.74) is 0. The zero-order valence-electron chi connectivity index (χ0n) is 11.0. The van der Waals surface area contributed by atoms with Gasteiger partial charge in [0.25, 0.3) is 0 Å². The number of hydrogen-bond donors (Lipinski definition) is 0. The summed E-state index contributed by atoms with van der Waals surface area (Å²) >= 11 is 0. The van der Waals surface area contributed by atoms with Gasteiger partial charge in [-0.25, -0.2) is 0 Å². The fourth-order valence-electron chi connectivity index (χ4n) is 1.33. The van der Waals surface area contributed by atoms with Crippen LogP contribution in [0.25, 0.3) is 0 Å². The van der Waals surface area contributed by atoms with Crippen molar-refractivity contribution < 1.29 is 0 Å². The third kappa shape index (κ3) is 13.2. The fraction of sp³-hybridized carbons (Fsp3) is 0.562. The zero-order chi connectivity index (χ0) is 11.9. The van der Waals surface area contributed by atoms with Crippen molar-refractivity contribution in [1.29, 1.82) is 0 Å². The van der Waals surface area contributed by atoms with Crippen LogP contribution in [0.1, 0.15) is 58.8 Å². The monoisotopic (exact) mass is 219 g/mol. The molecule has 0 aliphatic carbocycles. The molecule has 0 heterocycles. The molecule has 0 bridgehead atoms. The van der Waals surface area contributed by atoms with Gasteiger partial charge in [-0.3, -0.25) is 0 Å². The van der Waals surface area contributed by atoms with Crippen molar-refractivity contribution in [3.8, 4) is 0 Å². The summed E-state index contributed by atoms with van der Waals surface area (Å²) in [6, 6.07) is 0. The molecule has 0 N–H and O–H groups in total. The molecule has 0 unspecified atom stereocenters. The van der Waals surface area contributed by atoms with Crippen LogP contribution < -0.4 is 0 Å². The second-order valence-corrected chi connectivity index (χ2v) is 4.03. The lowest BCUT2D eigenvalue weighted by Gasteiger charge is -1.90. The molecule has 0 rings (SSSR count). The maximum Gasteiger partial charge on any atom is -0.0164 e. The Balaban J connectivity index is 3.22. The number of rotatable bonds is 10. The average Bonchev–Trinajstić information content (AvgIpc) is 2.31. The van der Waals surface area contributed by atoms with Crippen molar-refractivity contribution in [3.63, 3.8) is 0 Å². The Morgan fingerprint density at radius 3 is 2.19 bits per heavy atom. The van der Waals surface area contributed by atoms with Crippen LogP contribution in [0.2, 0.25) is 0 Å². The number of allylic oxidation sites excluding steroid dienone is 6. The van der Waals surface area contributed by atoms with E-state index in [2.05, 4.69) is 56.7 Å². The Kier molecular flexibility index (Phi) is 13.5. The molecule has 0 nitrogen and oxygen atoms in total. The normalized spacial score (nSPS) is 12.4. The highest BCUT2D eigenvalue weighted by atomic mass is 13.9. The summed E-state index contributed by atoms with van der Waals surface area (Å²) in [4.78, 5) is 0. The van der Waals surface area contributed by atoms with Gasteiger partial charge in [-0.05, 0) is 32.1 Å². The molecule has 0 atom stereocenters. The van der Waals surface area contributed by atoms with Gasteiger partial charge in [-0.2, -0.15) is 0 Å². The van der Waals surface area contributed by atoms with E-state index in [0.29, 0.717) is 0 Å². The highest BCUT2D eigenvalue weighted by Gasteiger charge is 1.81. The van der Waals surface area contributed by atoms with E-state index in [0.717, 1.165) is 6.42 Å². The first-order valence-electron chi connectivity index (χ1n) is 6.71. The molecule has 1 radical (unpaired) electrons. The molecule has 0 saturated heterocycles. The highest BCUT2D eigenvalue weighted by Crippen LogP contribution is 2.00. The Morgan fingerprint density at radius 2 is 1.44 bits per heavy atom. The Morgan fingerprint density at radius 1 is 0.625 bits per heavy atom. The Hall–Kier alpha value is -0.780. The molecule has 91 valence electrons. The molecule has 0 heteroatoms. The standard InChI is InChI=1S/C16H27/c1-3-5-7-9-11-13-15-16-14-12-10-8-6-4-2/h7,9-13,15H,3-6,8,14,16H2,1-2H3. The maximum atomic E-state index is 2.31. The van der Waals surface area contributed by atoms with Crippen molar-refractivity contribution in [1.82, 2.24) is 0 Å². The van der Waals surface area contributed by atoms with Gasteiger partial charge in [0, 0.05) is 0 Å². The second-order valence-electron chi connectivity index (χ2n) is 4.03. The predicted molar refractivity (Wildman–Crippen MR) is 75.4 cm³/mol. The second kappa shape index (κ2) is 14.2. The lowest BCUT2D eigenvalue weighted by molar-refractivity contribution is 0.811. The van der Waals surface area contributed by atoms with E-state index in [1.807, 2.05) is 0 Å². The molecule has 0 aromatic rings. The smallest absolute Gasteiger partial charge is 0.0164 e. The Labute approximate surface area is 102 Å². The molecular formula is C16H27. The maximum absolute atomic E-state index is 2.31. The van der Waals surface area contributed by atoms with Crippen molar-refractivity contribution >= 4 is 0 Å². The highest BCUT2D eigenvalue weighted by molar-refractivity contribution is 5.07. The van der Waals surface area contributed by atoms with Crippen LogP contribution >= 0.6 is 0 Å². The number of unbranched alkanes of at least 4 members (excludes halogenated alkanes) is 5. The summed E-state index contributed by atoms with van der Waals surface area (Å²) in [7, 11) is 0. The molecule has 16 heavy (non-hydrogen) atoms. The Bertz CT molecular complexity index is 196. The zero-order valence-corrected chi connectivity index (χ0v) is 11.0. The molecule has 0 aromatic carbocycles. The van der Waals surface area contributed by atoms with Gasteiger partial charge in [-0.15, -0.1) is 0 Å². The van der Waals surface area contributed by atoms with Gasteiger partial charge in [0.2, 0.25) is 0 Å². The molecule has 0 spiro atoms. The minimum absolute atomic E-state index is 1.15. The minimum atomic E-state index is 1.15. The summed E-state index contributed by atoms with van der Waals surface area (Å²) < 4.78 is 0. The van der Waals surface area contributed by atoms with Crippen LogP contribution in [0.3, 0.4) is 0 Å². The van der Waals surface area contributed by atoms with Crippen molar-refractivity contribution in [2.45, 2.75) is 58.8 Å². The van der Waals surface area contributed by atoms with Crippen LogP contribution in [0.5, 0.6) is 0 Å². The predicted octanol–water partition coefficient (Wildman–Crippen LogP) is 5.63. The minimum Gasteiger partial charge on any atom is -0.0885 e. The van der Waals surface area contributed by atoms with E-state index < -0.39 is 0 Å². The van der Waals surface area contributed by atoms with E-state index in [-0.39, 0.29) is 0 Å². The van der Waals surface area contributed by atoms with Gasteiger partial charge in [0.05, 0.1) is 0 Å². The quantitative estimate of drug-likeness (QED) is 0.254. The molecule has 0 saturated carbocycles. The van der Waals surface area contributed by atoms with Gasteiger partial charge in [0.15, 0.2) is 0 Å². The van der Waals surface area contributed by atoms with E-state index in [9.17, 15) is 0 Å². The SMILES string of the molecule is CCCC=CC=C[CH]CCC=CCCCC. The molecule has 0 amide bonds. The molecule has 0 aromatic heterocycles. The van der Waals surface area contributed by atoms with Gasteiger partial charge in [0.1, 0.15) is 0 Å². The third-order valence-electron chi connectivity index (χ3n) is 2.34. The van der Waals surface area contributed by atoms with Crippen LogP contribution in [-0.2, 0) is 0 Å². The van der Waals surface area contributed by atoms with E-state index in [4.69, 9.17) is 0 Å². The number of hydrogen-bond acceptors (Lipinski definition) is 0. The first kappa shape index (κ1) is 15.2.